The van der Waals surface area contributed by atoms with E-state index in [9.17, 15) is 4.79 Å². The highest BCUT2D eigenvalue weighted by atomic mass is 16.1. The van der Waals surface area contributed by atoms with Gasteiger partial charge in [-0.15, -0.1) is 0 Å². The molecule has 7 nitrogen and oxygen atoms in total. The molecule has 2 aromatic heterocycles. The molecule has 190 valence electrons. The molecule has 7 heteroatoms. The minimum absolute atomic E-state index is 0.124. The molecule has 36 heavy (non-hydrogen) atoms. The predicted octanol–water partition coefficient (Wildman–Crippen LogP) is 4.55. The van der Waals surface area contributed by atoms with Gasteiger partial charge in [0.2, 0.25) is 5.95 Å². The molecule has 1 atom stereocenters. The van der Waals surface area contributed by atoms with Crippen LogP contribution in [0.1, 0.15) is 69.4 Å². The van der Waals surface area contributed by atoms with Gasteiger partial charge in [-0.2, -0.15) is 4.98 Å². The smallest absolute Gasteiger partial charge is 0.260 e. The summed E-state index contributed by atoms with van der Waals surface area (Å²) in [5, 5.41) is 6.23. The van der Waals surface area contributed by atoms with Gasteiger partial charge in [0.05, 0.1) is 0 Å². The lowest BCUT2D eigenvalue weighted by Gasteiger charge is -2.37. The van der Waals surface area contributed by atoms with Crippen LogP contribution in [0.3, 0.4) is 0 Å². The van der Waals surface area contributed by atoms with Gasteiger partial charge in [0.25, 0.3) is 5.56 Å². The third-order valence-electron chi connectivity index (χ3n) is 9.08. The molecule has 7 rings (SSSR count). The van der Waals surface area contributed by atoms with Crippen LogP contribution in [0.4, 0.5) is 5.95 Å². The molecule has 4 heterocycles. The first-order valence-electron chi connectivity index (χ1n) is 14.3. The number of nitrogens with zero attached hydrogens (tertiary/aromatic N) is 5. The van der Waals surface area contributed by atoms with Crippen molar-refractivity contribution in [3.63, 3.8) is 0 Å². The molecular formula is C29H38N6O. The lowest BCUT2D eigenvalue weighted by Crippen LogP contribution is -2.49. The lowest BCUT2D eigenvalue weighted by molar-refractivity contribution is 0.0994. The maximum Gasteiger partial charge on any atom is 0.260 e. The molecular weight excluding hydrogens is 448 g/mol. The van der Waals surface area contributed by atoms with Crippen LogP contribution in [0.25, 0.3) is 21.8 Å². The predicted molar refractivity (Wildman–Crippen MR) is 145 cm³/mol. The summed E-state index contributed by atoms with van der Waals surface area (Å²) in [6.07, 6.45) is 12.9. The number of hydrogen-bond acceptors (Lipinski definition) is 6. The molecule has 0 unspecified atom stereocenters. The first-order chi connectivity index (χ1) is 17.7. The Kier molecular flexibility index (Phi) is 5.93. The van der Waals surface area contributed by atoms with Crippen LogP contribution in [0.2, 0.25) is 0 Å². The Morgan fingerprint density at radius 3 is 2.61 bits per heavy atom. The fraction of sp³-hybridized carbons (Fsp3) is 0.621. The summed E-state index contributed by atoms with van der Waals surface area (Å²) < 4.78 is 2.03. The van der Waals surface area contributed by atoms with E-state index in [-0.39, 0.29) is 11.6 Å². The molecule has 0 amide bonds. The van der Waals surface area contributed by atoms with Crippen molar-refractivity contribution in [3.8, 4) is 0 Å². The molecule has 0 radical (unpaired) electrons. The van der Waals surface area contributed by atoms with Crippen LogP contribution in [-0.4, -0.2) is 63.1 Å². The van der Waals surface area contributed by atoms with E-state index >= 15 is 0 Å². The van der Waals surface area contributed by atoms with Gasteiger partial charge in [0.15, 0.2) is 0 Å². The fourth-order valence-electron chi connectivity index (χ4n) is 6.85. The van der Waals surface area contributed by atoms with Crippen molar-refractivity contribution < 1.29 is 0 Å². The number of hydrogen-bond donors (Lipinski definition) is 1. The number of anilines is 1. The van der Waals surface area contributed by atoms with E-state index in [0.717, 1.165) is 66.7 Å². The molecule has 3 aromatic rings. The van der Waals surface area contributed by atoms with Crippen molar-refractivity contribution in [1.29, 1.82) is 0 Å². The van der Waals surface area contributed by atoms with E-state index in [1.807, 2.05) is 10.8 Å². The summed E-state index contributed by atoms with van der Waals surface area (Å²) in [6, 6.07) is 7.46. The number of nitrogens with one attached hydrogen (secondary N) is 1. The zero-order valence-corrected chi connectivity index (χ0v) is 21.3. The van der Waals surface area contributed by atoms with Crippen molar-refractivity contribution in [2.24, 2.45) is 5.92 Å². The van der Waals surface area contributed by atoms with E-state index in [1.165, 1.54) is 63.6 Å². The molecule has 2 saturated carbocycles. The Hall–Kier alpha value is -2.51. The van der Waals surface area contributed by atoms with Gasteiger partial charge in [0, 0.05) is 61.8 Å². The highest BCUT2D eigenvalue weighted by Gasteiger charge is 2.30. The standard InChI is InChI=1S/C29H38N6O/c36-28-25-15-21(18-33-13-14-34-12-4-7-23(34)19-33)10-11-24(25)26-17-31-29(30-16-20-8-9-20)32-27(26)35(28)22-5-2-1-3-6-22/h10-11,15,17,20,22-23H,1-9,12-14,16,18-19H2,(H,30,31,32)/t23-/m1/s1. The van der Waals surface area contributed by atoms with E-state index < -0.39 is 0 Å². The van der Waals surface area contributed by atoms with E-state index in [0.29, 0.717) is 12.0 Å². The van der Waals surface area contributed by atoms with Gasteiger partial charge in [-0.05, 0) is 68.0 Å². The number of aromatic nitrogens is 3. The number of piperazine rings is 1. The summed E-state index contributed by atoms with van der Waals surface area (Å²) in [4.78, 5) is 28.9. The maximum atomic E-state index is 14.1. The van der Waals surface area contributed by atoms with E-state index in [2.05, 4.69) is 38.3 Å². The zero-order valence-electron chi connectivity index (χ0n) is 21.3. The second-order valence-corrected chi connectivity index (χ2v) is 11.7. The van der Waals surface area contributed by atoms with Crippen LogP contribution < -0.4 is 10.9 Å². The number of pyridine rings is 1. The van der Waals surface area contributed by atoms with Crippen LogP contribution in [0.15, 0.2) is 29.2 Å². The Balaban J connectivity index is 1.27. The van der Waals surface area contributed by atoms with Gasteiger partial charge >= 0.3 is 0 Å². The first-order valence-corrected chi connectivity index (χ1v) is 14.3. The monoisotopic (exact) mass is 486 g/mol. The van der Waals surface area contributed by atoms with Crippen LogP contribution in [-0.2, 0) is 6.54 Å². The summed E-state index contributed by atoms with van der Waals surface area (Å²) in [5.74, 6) is 1.40. The molecule has 2 saturated heterocycles. The van der Waals surface area contributed by atoms with Crippen molar-refractivity contribution in [1.82, 2.24) is 24.3 Å². The first kappa shape index (κ1) is 22.7. The molecule has 1 aromatic carbocycles. The third-order valence-corrected chi connectivity index (χ3v) is 9.08. The summed E-state index contributed by atoms with van der Waals surface area (Å²) in [5.41, 5.74) is 2.17. The average Bonchev–Trinajstić information content (AvgIpc) is 3.63. The molecule has 1 N–H and O–H groups in total. The van der Waals surface area contributed by atoms with Gasteiger partial charge in [-0.3, -0.25) is 19.2 Å². The van der Waals surface area contributed by atoms with Crippen molar-refractivity contribution >= 4 is 27.8 Å². The number of benzene rings is 1. The topological polar surface area (TPSA) is 66.3 Å². The third kappa shape index (κ3) is 4.30. The molecule has 4 fully saturated rings. The quantitative estimate of drug-likeness (QED) is 0.516. The highest BCUT2D eigenvalue weighted by Crippen LogP contribution is 2.33. The Morgan fingerprint density at radius 1 is 0.889 bits per heavy atom. The molecule has 0 spiro atoms. The summed E-state index contributed by atoms with van der Waals surface area (Å²) >= 11 is 0. The van der Waals surface area contributed by atoms with Gasteiger partial charge in [-0.25, -0.2) is 4.98 Å². The second-order valence-electron chi connectivity index (χ2n) is 11.7. The normalized spacial score (nSPS) is 23.9. The highest BCUT2D eigenvalue weighted by molar-refractivity contribution is 6.04. The Bertz CT molecular complexity index is 1320. The summed E-state index contributed by atoms with van der Waals surface area (Å²) in [6.45, 7) is 6.54. The minimum Gasteiger partial charge on any atom is -0.354 e. The van der Waals surface area contributed by atoms with Gasteiger partial charge in [0.1, 0.15) is 5.65 Å². The van der Waals surface area contributed by atoms with Gasteiger partial charge < -0.3 is 5.32 Å². The van der Waals surface area contributed by atoms with Crippen LogP contribution in [0.5, 0.6) is 0 Å². The summed E-state index contributed by atoms with van der Waals surface area (Å²) in [7, 11) is 0. The fourth-order valence-corrected chi connectivity index (χ4v) is 6.85. The molecule has 4 aliphatic rings. The number of rotatable bonds is 6. The lowest BCUT2D eigenvalue weighted by atomic mass is 9.94. The Labute approximate surface area is 212 Å². The van der Waals surface area contributed by atoms with E-state index in [4.69, 9.17) is 4.98 Å². The second kappa shape index (κ2) is 9.42. The molecule has 2 aliphatic carbocycles. The Morgan fingerprint density at radius 2 is 1.75 bits per heavy atom. The molecule has 0 bridgehead atoms. The minimum atomic E-state index is 0.124. The zero-order chi connectivity index (χ0) is 24.1. The van der Waals surface area contributed by atoms with Crippen LogP contribution >= 0.6 is 0 Å². The average molecular weight is 487 g/mol. The van der Waals surface area contributed by atoms with Gasteiger partial charge in [-0.1, -0.05) is 31.4 Å². The SMILES string of the molecule is O=c1c2cc(CN3CCN4CCC[C@@H]4C3)ccc2c2cnc(NCC3CC3)nc2n1C1CCCCC1. The van der Waals surface area contributed by atoms with Crippen LogP contribution in [0, 0.1) is 5.92 Å². The van der Waals surface area contributed by atoms with E-state index in [1.54, 1.807) is 0 Å². The largest absolute Gasteiger partial charge is 0.354 e. The number of fused-ring (bicyclic) bond motifs is 4. The van der Waals surface area contributed by atoms with Crippen molar-refractivity contribution in [2.75, 3.05) is 38.0 Å². The maximum absolute atomic E-state index is 14.1. The van der Waals surface area contributed by atoms with Crippen molar-refractivity contribution in [3.05, 3.63) is 40.3 Å². The van der Waals surface area contributed by atoms with Crippen molar-refractivity contribution in [2.45, 2.75) is 76.4 Å². The molecule has 2 aliphatic heterocycles.